The minimum Gasteiger partial charge on any atom is -0.445 e. The van der Waals surface area contributed by atoms with Crippen molar-refractivity contribution in [1.82, 2.24) is 15.1 Å². The number of carbonyl (C=O) groups is 1. The van der Waals surface area contributed by atoms with Gasteiger partial charge in [-0.3, -0.25) is 4.90 Å². The molecule has 2 bridgehead atoms. The second-order valence-electron chi connectivity index (χ2n) is 6.67. The largest absolute Gasteiger partial charge is 0.445 e. The number of nitrogens with zero attached hydrogens (tertiary/aromatic N) is 4. The van der Waals surface area contributed by atoms with Crippen molar-refractivity contribution in [3.8, 4) is 0 Å². The van der Waals surface area contributed by atoms with Gasteiger partial charge in [-0.15, -0.1) is 10.2 Å². The zero-order valence-electron chi connectivity index (χ0n) is 14.2. The molecule has 1 amide bonds. The van der Waals surface area contributed by atoms with Gasteiger partial charge < -0.3 is 15.4 Å². The highest BCUT2D eigenvalue weighted by atomic mass is 35.5. The van der Waals surface area contributed by atoms with Crippen molar-refractivity contribution in [2.45, 2.75) is 31.5 Å². The number of rotatable bonds is 3. The van der Waals surface area contributed by atoms with E-state index in [2.05, 4.69) is 15.1 Å². The SMILES string of the molecule is Nc1nnc(Cl)cc1N1C[C@H]2CC[C@@H](C1)N2C(=O)OCc1ccccc1. The molecule has 26 heavy (non-hydrogen) atoms. The maximum absolute atomic E-state index is 12.6. The fourth-order valence-corrected chi connectivity index (χ4v) is 3.95. The van der Waals surface area contributed by atoms with Crippen molar-refractivity contribution in [3.05, 3.63) is 47.1 Å². The average Bonchev–Trinajstić information content (AvgIpc) is 2.92. The monoisotopic (exact) mass is 373 g/mol. The van der Waals surface area contributed by atoms with E-state index >= 15 is 0 Å². The molecule has 0 saturated carbocycles. The van der Waals surface area contributed by atoms with Gasteiger partial charge in [0, 0.05) is 19.2 Å². The topological polar surface area (TPSA) is 84.6 Å². The van der Waals surface area contributed by atoms with Gasteiger partial charge >= 0.3 is 6.09 Å². The summed E-state index contributed by atoms with van der Waals surface area (Å²) in [6.07, 6.45) is 1.65. The third kappa shape index (κ3) is 3.26. The van der Waals surface area contributed by atoms with Crippen LogP contribution in [0.2, 0.25) is 5.15 Å². The van der Waals surface area contributed by atoms with E-state index in [1.807, 2.05) is 35.2 Å². The summed E-state index contributed by atoms with van der Waals surface area (Å²) in [6, 6.07) is 11.6. The number of amides is 1. The van der Waals surface area contributed by atoms with Crippen LogP contribution in [0.15, 0.2) is 36.4 Å². The fraction of sp³-hybridized carbons (Fsp3) is 0.389. The van der Waals surface area contributed by atoms with E-state index in [4.69, 9.17) is 22.1 Å². The van der Waals surface area contributed by atoms with E-state index in [0.29, 0.717) is 24.1 Å². The Hall–Kier alpha value is -2.54. The molecule has 1 aromatic carbocycles. The molecule has 0 spiro atoms. The maximum atomic E-state index is 12.6. The van der Waals surface area contributed by atoms with Gasteiger partial charge in [0.15, 0.2) is 11.0 Å². The number of nitrogen functional groups attached to an aromatic ring is 1. The number of halogens is 1. The van der Waals surface area contributed by atoms with Gasteiger partial charge in [-0.05, 0) is 18.4 Å². The Morgan fingerprint density at radius 2 is 1.88 bits per heavy atom. The van der Waals surface area contributed by atoms with Gasteiger partial charge in [0.1, 0.15) is 6.61 Å². The molecule has 2 aliphatic heterocycles. The van der Waals surface area contributed by atoms with Crippen LogP contribution < -0.4 is 10.6 Å². The molecule has 2 N–H and O–H groups in total. The predicted octanol–water partition coefficient (Wildman–Crippen LogP) is 2.70. The van der Waals surface area contributed by atoms with E-state index in [9.17, 15) is 4.79 Å². The molecule has 4 rings (SSSR count). The van der Waals surface area contributed by atoms with Crippen molar-refractivity contribution in [2.24, 2.45) is 0 Å². The maximum Gasteiger partial charge on any atom is 0.410 e. The molecule has 0 radical (unpaired) electrons. The van der Waals surface area contributed by atoms with Crippen molar-refractivity contribution in [1.29, 1.82) is 0 Å². The first-order chi connectivity index (χ1) is 12.6. The Morgan fingerprint density at radius 3 is 2.58 bits per heavy atom. The molecule has 136 valence electrons. The molecule has 0 aliphatic carbocycles. The van der Waals surface area contributed by atoms with Crippen molar-refractivity contribution in [3.63, 3.8) is 0 Å². The summed E-state index contributed by atoms with van der Waals surface area (Å²) in [6.45, 7) is 1.66. The summed E-state index contributed by atoms with van der Waals surface area (Å²) in [7, 11) is 0. The standard InChI is InChI=1S/C18H20ClN5O2/c19-16-8-15(17(20)22-21-16)23-9-13-6-7-14(10-23)24(13)18(25)26-11-12-4-2-1-3-5-12/h1-5,8,13-14H,6-7,9-11H2,(H2,20,22)/t13-,14+. The smallest absolute Gasteiger partial charge is 0.410 e. The van der Waals surface area contributed by atoms with E-state index < -0.39 is 0 Å². The Labute approximate surface area is 156 Å². The number of hydrogen-bond donors (Lipinski definition) is 1. The van der Waals surface area contributed by atoms with Crippen LogP contribution in [0.4, 0.5) is 16.3 Å². The summed E-state index contributed by atoms with van der Waals surface area (Å²) in [4.78, 5) is 16.6. The van der Waals surface area contributed by atoms with Crippen LogP contribution in [0.1, 0.15) is 18.4 Å². The van der Waals surface area contributed by atoms with E-state index in [1.165, 1.54) is 0 Å². The third-order valence-corrected chi connectivity index (χ3v) is 5.20. The zero-order valence-corrected chi connectivity index (χ0v) is 15.0. The highest BCUT2D eigenvalue weighted by molar-refractivity contribution is 6.29. The van der Waals surface area contributed by atoms with Gasteiger partial charge in [0.25, 0.3) is 0 Å². The number of nitrogens with two attached hydrogens (primary N) is 1. The molecule has 2 fully saturated rings. The molecule has 1 aromatic heterocycles. The molecule has 2 saturated heterocycles. The quantitative estimate of drug-likeness (QED) is 0.890. The molecule has 8 heteroatoms. The second-order valence-corrected chi connectivity index (χ2v) is 7.06. The fourth-order valence-electron chi connectivity index (χ4n) is 3.81. The molecule has 3 heterocycles. The molecule has 2 aromatic rings. The highest BCUT2D eigenvalue weighted by Crippen LogP contribution is 2.35. The van der Waals surface area contributed by atoms with Gasteiger partial charge in [-0.2, -0.15) is 0 Å². The number of hydrogen-bond acceptors (Lipinski definition) is 6. The summed E-state index contributed by atoms with van der Waals surface area (Å²) in [5, 5.41) is 7.97. The van der Waals surface area contributed by atoms with Crippen LogP contribution >= 0.6 is 11.6 Å². The Balaban J connectivity index is 1.43. The number of benzene rings is 1. The zero-order chi connectivity index (χ0) is 18.1. The lowest BCUT2D eigenvalue weighted by Crippen LogP contribution is -2.56. The number of ether oxygens (including phenoxy) is 1. The van der Waals surface area contributed by atoms with Crippen LogP contribution in [0.5, 0.6) is 0 Å². The van der Waals surface area contributed by atoms with Gasteiger partial charge in [-0.25, -0.2) is 4.79 Å². The first-order valence-corrected chi connectivity index (χ1v) is 9.02. The normalized spacial score (nSPS) is 21.7. The lowest BCUT2D eigenvalue weighted by molar-refractivity contribution is 0.0734. The van der Waals surface area contributed by atoms with Gasteiger partial charge in [-0.1, -0.05) is 41.9 Å². The highest BCUT2D eigenvalue weighted by Gasteiger charge is 2.44. The third-order valence-electron chi connectivity index (χ3n) is 5.01. The summed E-state index contributed by atoms with van der Waals surface area (Å²) in [5.74, 6) is 0.355. The van der Waals surface area contributed by atoms with Crippen molar-refractivity contribution < 1.29 is 9.53 Å². The first kappa shape index (κ1) is 16.9. The lowest BCUT2D eigenvalue weighted by Gasteiger charge is -2.41. The molecular formula is C18H20ClN5O2. The lowest BCUT2D eigenvalue weighted by atomic mass is 10.2. The molecular weight excluding hydrogens is 354 g/mol. The summed E-state index contributed by atoms with van der Waals surface area (Å²) in [5.41, 5.74) is 7.72. The Bertz CT molecular complexity index is 789. The number of anilines is 2. The van der Waals surface area contributed by atoms with Crippen molar-refractivity contribution >= 4 is 29.2 Å². The van der Waals surface area contributed by atoms with Crippen LogP contribution in [0.25, 0.3) is 0 Å². The number of carbonyl (C=O) groups excluding carboxylic acids is 1. The van der Waals surface area contributed by atoms with Crippen LogP contribution in [-0.4, -0.2) is 46.4 Å². The van der Waals surface area contributed by atoms with E-state index in [0.717, 1.165) is 24.1 Å². The Morgan fingerprint density at radius 1 is 1.19 bits per heavy atom. The average molecular weight is 374 g/mol. The predicted molar refractivity (Wildman–Crippen MR) is 98.9 cm³/mol. The minimum atomic E-state index is -0.250. The number of aromatic nitrogens is 2. The van der Waals surface area contributed by atoms with Crippen molar-refractivity contribution in [2.75, 3.05) is 23.7 Å². The summed E-state index contributed by atoms with van der Waals surface area (Å²) >= 11 is 5.96. The van der Waals surface area contributed by atoms with E-state index in [1.54, 1.807) is 6.07 Å². The Kier molecular flexibility index (Phi) is 4.55. The first-order valence-electron chi connectivity index (χ1n) is 8.64. The van der Waals surface area contributed by atoms with Crippen LogP contribution in [0, 0.1) is 0 Å². The minimum absolute atomic E-state index is 0.100. The van der Waals surface area contributed by atoms with Gasteiger partial charge in [0.2, 0.25) is 0 Å². The molecule has 7 nitrogen and oxygen atoms in total. The van der Waals surface area contributed by atoms with Gasteiger partial charge in [0.05, 0.1) is 17.8 Å². The number of fused-ring (bicyclic) bond motifs is 2. The van der Waals surface area contributed by atoms with Crippen LogP contribution in [-0.2, 0) is 11.3 Å². The summed E-state index contributed by atoms with van der Waals surface area (Å²) < 4.78 is 5.53. The molecule has 0 unspecified atom stereocenters. The molecule has 2 aliphatic rings. The second kappa shape index (κ2) is 6.99. The number of piperazine rings is 1. The molecule has 2 atom stereocenters. The van der Waals surface area contributed by atoms with E-state index in [-0.39, 0.29) is 24.8 Å². The van der Waals surface area contributed by atoms with Crippen LogP contribution in [0.3, 0.4) is 0 Å².